The van der Waals surface area contributed by atoms with Gasteiger partial charge in [0.05, 0.1) is 5.92 Å². The lowest BCUT2D eigenvalue weighted by molar-refractivity contribution is -0.161. The Kier molecular flexibility index (Phi) is 6.16. The molecule has 0 unspecified atom stereocenters. The van der Waals surface area contributed by atoms with Crippen LogP contribution in [-0.4, -0.2) is 31.6 Å². The standard InChI is InChI=1S/C20H19ClN2O5/c1-22-20(26)23-18(24)17(12-5-3-2-4-6-12)28-19(25)14-9-13-10-15(21)7-8-16(13)27-11-14/h2-8,10,14,17H,9,11H2,1H3,(H2,22,23,24,26)/t14-,17-/m0/s1. The van der Waals surface area contributed by atoms with E-state index in [2.05, 4.69) is 10.6 Å². The van der Waals surface area contributed by atoms with Gasteiger partial charge in [-0.2, -0.15) is 0 Å². The van der Waals surface area contributed by atoms with Crippen LogP contribution in [0.4, 0.5) is 4.79 Å². The summed E-state index contributed by atoms with van der Waals surface area (Å²) in [6.45, 7) is 0.131. The number of ether oxygens (including phenoxy) is 2. The minimum absolute atomic E-state index is 0.131. The molecule has 0 aromatic heterocycles. The molecule has 2 aromatic rings. The van der Waals surface area contributed by atoms with E-state index in [-0.39, 0.29) is 6.61 Å². The van der Waals surface area contributed by atoms with Crippen LogP contribution in [0, 0.1) is 5.92 Å². The summed E-state index contributed by atoms with van der Waals surface area (Å²) in [6.07, 6.45) is -0.875. The van der Waals surface area contributed by atoms with Gasteiger partial charge >= 0.3 is 12.0 Å². The summed E-state index contributed by atoms with van der Waals surface area (Å²) in [5, 5.41) is 4.98. The quantitative estimate of drug-likeness (QED) is 0.767. The van der Waals surface area contributed by atoms with Crippen LogP contribution in [0.1, 0.15) is 17.2 Å². The third-order valence-corrected chi connectivity index (χ3v) is 4.54. The number of nitrogens with one attached hydrogen (secondary N) is 2. The zero-order valence-electron chi connectivity index (χ0n) is 15.1. The molecule has 0 bridgehead atoms. The molecule has 1 heterocycles. The maximum absolute atomic E-state index is 12.7. The summed E-state index contributed by atoms with van der Waals surface area (Å²) < 4.78 is 11.1. The molecular formula is C20H19ClN2O5. The molecule has 2 aromatic carbocycles. The van der Waals surface area contributed by atoms with Crippen LogP contribution in [-0.2, 0) is 20.7 Å². The lowest BCUT2D eigenvalue weighted by Crippen LogP contribution is -2.42. The van der Waals surface area contributed by atoms with Crippen molar-refractivity contribution in [2.45, 2.75) is 12.5 Å². The first-order chi connectivity index (χ1) is 13.5. The summed E-state index contributed by atoms with van der Waals surface area (Å²) in [7, 11) is 1.38. The normalized spacial score (nSPS) is 16.1. The first-order valence-corrected chi connectivity index (χ1v) is 9.05. The van der Waals surface area contributed by atoms with E-state index in [0.717, 1.165) is 5.56 Å². The minimum Gasteiger partial charge on any atom is -0.492 e. The van der Waals surface area contributed by atoms with Crippen molar-refractivity contribution in [3.8, 4) is 5.75 Å². The molecule has 8 heteroatoms. The number of esters is 1. The number of halogens is 1. The molecule has 0 radical (unpaired) electrons. The van der Waals surface area contributed by atoms with Crippen molar-refractivity contribution in [2.75, 3.05) is 13.7 Å². The number of hydrogen-bond acceptors (Lipinski definition) is 5. The van der Waals surface area contributed by atoms with E-state index in [0.29, 0.717) is 22.8 Å². The van der Waals surface area contributed by atoms with Gasteiger partial charge in [-0.1, -0.05) is 41.9 Å². The number of amides is 3. The number of rotatable bonds is 4. The van der Waals surface area contributed by atoms with Crippen LogP contribution in [0.15, 0.2) is 48.5 Å². The number of fused-ring (bicyclic) bond motifs is 1. The van der Waals surface area contributed by atoms with E-state index in [1.54, 1.807) is 48.5 Å². The second-order valence-corrected chi connectivity index (χ2v) is 6.70. The van der Waals surface area contributed by atoms with E-state index < -0.39 is 29.9 Å². The molecule has 2 N–H and O–H groups in total. The Morgan fingerprint density at radius 1 is 1.18 bits per heavy atom. The molecule has 0 fully saturated rings. The molecule has 0 saturated carbocycles. The van der Waals surface area contributed by atoms with Crippen molar-refractivity contribution >= 4 is 29.5 Å². The average molecular weight is 403 g/mol. The van der Waals surface area contributed by atoms with E-state index in [1.807, 2.05) is 0 Å². The summed E-state index contributed by atoms with van der Waals surface area (Å²) in [4.78, 5) is 36.7. The fourth-order valence-corrected chi connectivity index (χ4v) is 3.06. The van der Waals surface area contributed by atoms with Crippen LogP contribution in [0.5, 0.6) is 5.75 Å². The molecular weight excluding hydrogens is 384 g/mol. The summed E-state index contributed by atoms with van der Waals surface area (Å²) in [6, 6.07) is 13.0. The van der Waals surface area contributed by atoms with Crippen LogP contribution in [0.25, 0.3) is 0 Å². The van der Waals surface area contributed by atoms with Gasteiger partial charge in [-0.3, -0.25) is 14.9 Å². The Balaban J connectivity index is 1.76. The van der Waals surface area contributed by atoms with Crippen LogP contribution >= 0.6 is 11.6 Å². The minimum atomic E-state index is -1.26. The molecule has 1 aliphatic heterocycles. The summed E-state index contributed by atoms with van der Waals surface area (Å²) in [5.41, 5.74) is 1.25. The van der Waals surface area contributed by atoms with E-state index >= 15 is 0 Å². The van der Waals surface area contributed by atoms with Gasteiger partial charge in [-0.15, -0.1) is 0 Å². The van der Waals surface area contributed by atoms with Crippen molar-refractivity contribution in [3.05, 3.63) is 64.7 Å². The molecule has 3 amide bonds. The van der Waals surface area contributed by atoms with E-state index in [9.17, 15) is 14.4 Å². The summed E-state index contributed by atoms with van der Waals surface area (Å²) in [5.74, 6) is -1.25. The van der Waals surface area contributed by atoms with Gasteiger partial charge in [0.1, 0.15) is 12.4 Å². The molecule has 1 aliphatic rings. The highest BCUT2D eigenvalue weighted by Crippen LogP contribution is 2.31. The van der Waals surface area contributed by atoms with Crippen LogP contribution in [0.2, 0.25) is 5.02 Å². The van der Waals surface area contributed by atoms with Crippen molar-refractivity contribution in [3.63, 3.8) is 0 Å². The SMILES string of the molecule is CNC(=O)NC(=O)[C@@H](OC(=O)[C@@H]1COc2ccc(Cl)cc2C1)c1ccccc1. The number of carbonyl (C=O) groups is 3. The lowest BCUT2D eigenvalue weighted by Gasteiger charge is -2.26. The number of carbonyl (C=O) groups excluding carboxylic acids is 3. The van der Waals surface area contributed by atoms with Gasteiger partial charge in [-0.25, -0.2) is 4.79 Å². The highest BCUT2D eigenvalue weighted by molar-refractivity contribution is 6.30. The number of hydrogen-bond donors (Lipinski definition) is 2. The zero-order chi connectivity index (χ0) is 20.1. The third kappa shape index (κ3) is 4.61. The third-order valence-electron chi connectivity index (χ3n) is 4.30. The van der Waals surface area contributed by atoms with Crippen LogP contribution in [0.3, 0.4) is 0 Å². The zero-order valence-corrected chi connectivity index (χ0v) is 15.9. The van der Waals surface area contributed by atoms with Gasteiger partial charge in [0.15, 0.2) is 0 Å². The van der Waals surface area contributed by atoms with Gasteiger partial charge in [-0.05, 0) is 30.2 Å². The Morgan fingerprint density at radius 2 is 1.93 bits per heavy atom. The Bertz CT molecular complexity index is 887. The molecule has 28 heavy (non-hydrogen) atoms. The fraction of sp³-hybridized carbons (Fsp3) is 0.250. The largest absolute Gasteiger partial charge is 0.492 e. The molecule has 0 aliphatic carbocycles. The highest BCUT2D eigenvalue weighted by atomic mass is 35.5. The topological polar surface area (TPSA) is 93.7 Å². The van der Waals surface area contributed by atoms with Gasteiger partial charge in [0.25, 0.3) is 5.91 Å². The molecule has 2 atom stereocenters. The lowest BCUT2D eigenvalue weighted by atomic mass is 9.96. The second-order valence-electron chi connectivity index (χ2n) is 6.26. The Morgan fingerprint density at radius 3 is 2.64 bits per heavy atom. The van der Waals surface area contributed by atoms with E-state index in [1.165, 1.54) is 7.05 Å². The van der Waals surface area contributed by atoms with Crippen molar-refractivity contribution < 1.29 is 23.9 Å². The average Bonchev–Trinajstić information content (AvgIpc) is 2.71. The van der Waals surface area contributed by atoms with Crippen molar-refractivity contribution in [1.82, 2.24) is 10.6 Å². The summed E-state index contributed by atoms with van der Waals surface area (Å²) >= 11 is 6.01. The fourth-order valence-electron chi connectivity index (χ4n) is 2.87. The van der Waals surface area contributed by atoms with E-state index in [4.69, 9.17) is 21.1 Å². The van der Waals surface area contributed by atoms with Gasteiger partial charge in [0.2, 0.25) is 6.10 Å². The van der Waals surface area contributed by atoms with Crippen molar-refractivity contribution in [2.24, 2.45) is 5.92 Å². The smallest absolute Gasteiger partial charge is 0.321 e. The number of urea groups is 1. The molecule has 7 nitrogen and oxygen atoms in total. The van der Waals surface area contributed by atoms with Gasteiger partial charge < -0.3 is 14.8 Å². The molecule has 3 rings (SSSR count). The molecule has 0 saturated heterocycles. The maximum Gasteiger partial charge on any atom is 0.321 e. The predicted octanol–water partition coefficient (Wildman–Crippen LogP) is 2.63. The predicted molar refractivity (Wildman–Crippen MR) is 102 cm³/mol. The highest BCUT2D eigenvalue weighted by Gasteiger charge is 2.32. The maximum atomic E-state index is 12.7. The first kappa shape index (κ1) is 19.7. The Labute approximate surface area is 167 Å². The second kappa shape index (κ2) is 8.75. The number of imide groups is 1. The van der Waals surface area contributed by atoms with Crippen molar-refractivity contribution in [1.29, 1.82) is 0 Å². The van der Waals surface area contributed by atoms with Gasteiger partial charge in [0, 0.05) is 17.6 Å². The Hall–Kier alpha value is -3.06. The molecule has 146 valence electrons. The first-order valence-electron chi connectivity index (χ1n) is 8.67. The number of benzene rings is 2. The molecule has 0 spiro atoms. The van der Waals surface area contributed by atoms with Crippen LogP contribution < -0.4 is 15.4 Å². The monoisotopic (exact) mass is 402 g/mol.